The van der Waals surface area contributed by atoms with Gasteiger partial charge in [-0.3, -0.25) is 4.98 Å². The summed E-state index contributed by atoms with van der Waals surface area (Å²) in [6, 6.07) is 5.30. The van der Waals surface area contributed by atoms with E-state index in [0.717, 1.165) is 5.39 Å². The van der Waals surface area contributed by atoms with E-state index in [2.05, 4.69) is 25.8 Å². The third kappa shape index (κ3) is 2.49. The van der Waals surface area contributed by atoms with Crippen LogP contribution in [0.15, 0.2) is 24.4 Å². The van der Waals surface area contributed by atoms with Crippen molar-refractivity contribution in [1.82, 2.24) is 4.98 Å². The summed E-state index contributed by atoms with van der Waals surface area (Å²) in [6.45, 7) is 7.04. The Balaban J connectivity index is 2.10. The Labute approximate surface area is 119 Å². The first kappa shape index (κ1) is 13.3. The number of rotatable bonds is 3. The minimum absolute atomic E-state index is 0.00716. The number of pyridine rings is 1. The summed E-state index contributed by atoms with van der Waals surface area (Å²) in [5.41, 5.74) is 1.80. The zero-order valence-electron chi connectivity index (χ0n) is 12.2. The highest BCUT2D eigenvalue weighted by Crippen LogP contribution is 2.36. The maximum atomic E-state index is 14.1. The van der Waals surface area contributed by atoms with Crippen molar-refractivity contribution in [3.05, 3.63) is 35.8 Å². The molecule has 1 fully saturated rings. The summed E-state index contributed by atoms with van der Waals surface area (Å²) < 4.78 is 19.8. The van der Waals surface area contributed by atoms with Crippen molar-refractivity contribution in [2.75, 3.05) is 6.61 Å². The van der Waals surface area contributed by atoms with Crippen LogP contribution >= 0.6 is 0 Å². The lowest BCUT2D eigenvalue weighted by atomic mass is 9.85. The molecule has 0 saturated heterocycles. The van der Waals surface area contributed by atoms with Crippen molar-refractivity contribution < 1.29 is 9.13 Å². The Hall–Kier alpha value is -1.64. The minimum Gasteiger partial charge on any atom is -0.488 e. The number of hydrogen-bond acceptors (Lipinski definition) is 2. The van der Waals surface area contributed by atoms with Crippen LogP contribution in [0, 0.1) is 11.7 Å². The molecule has 1 aromatic heterocycles. The van der Waals surface area contributed by atoms with E-state index >= 15 is 0 Å². The third-order valence-corrected chi connectivity index (χ3v) is 3.79. The second kappa shape index (κ2) is 4.72. The second-order valence-corrected chi connectivity index (χ2v) is 6.64. The number of fused-ring (bicyclic) bond motifs is 1. The first-order valence-electron chi connectivity index (χ1n) is 7.17. The van der Waals surface area contributed by atoms with Gasteiger partial charge in [0.1, 0.15) is 5.52 Å². The van der Waals surface area contributed by atoms with Crippen LogP contribution in [0.1, 0.15) is 39.2 Å². The second-order valence-electron chi connectivity index (χ2n) is 6.64. The Morgan fingerprint density at radius 2 is 2.00 bits per heavy atom. The van der Waals surface area contributed by atoms with Gasteiger partial charge in [-0.05, 0) is 47.9 Å². The molecule has 3 heteroatoms. The standard InChI is InChI=1S/C17H20FNO/c1-17(2,3)13-8-9-19-15-12(13)6-7-14(18)16(15)20-10-11-4-5-11/h6-9,11H,4-5,10H2,1-3H3. The molecule has 0 radical (unpaired) electrons. The predicted molar refractivity (Wildman–Crippen MR) is 78.6 cm³/mol. The van der Waals surface area contributed by atoms with Crippen LogP contribution in [0.2, 0.25) is 0 Å². The van der Waals surface area contributed by atoms with Gasteiger partial charge in [-0.1, -0.05) is 20.8 Å². The highest BCUT2D eigenvalue weighted by atomic mass is 19.1. The van der Waals surface area contributed by atoms with Crippen LogP contribution in [-0.4, -0.2) is 11.6 Å². The fourth-order valence-corrected chi connectivity index (χ4v) is 2.45. The fourth-order valence-electron chi connectivity index (χ4n) is 2.45. The van der Waals surface area contributed by atoms with Gasteiger partial charge in [0.2, 0.25) is 0 Å². The Morgan fingerprint density at radius 3 is 2.65 bits per heavy atom. The minimum atomic E-state index is -0.322. The highest BCUT2D eigenvalue weighted by Gasteiger charge is 2.24. The van der Waals surface area contributed by atoms with Crippen LogP contribution in [0.25, 0.3) is 10.9 Å². The van der Waals surface area contributed by atoms with Gasteiger partial charge in [-0.25, -0.2) is 4.39 Å². The van der Waals surface area contributed by atoms with Crippen molar-refractivity contribution in [2.45, 2.75) is 39.0 Å². The maximum Gasteiger partial charge on any atom is 0.181 e. The Morgan fingerprint density at radius 1 is 1.25 bits per heavy atom. The summed E-state index contributed by atoms with van der Waals surface area (Å²) in [6.07, 6.45) is 4.12. The lowest BCUT2D eigenvalue weighted by Crippen LogP contribution is -2.12. The number of nitrogens with zero attached hydrogens (tertiary/aromatic N) is 1. The van der Waals surface area contributed by atoms with Crippen LogP contribution in [0.3, 0.4) is 0 Å². The van der Waals surface area contributed by atoms with E-state index in [4.69, 9.17) is 4.74 Å². The van der Waals surface area contributed by atoms with Gasteiger partial charge in [-0.2, -0.15) is 0 Å². The molecule has 2 nitrogen and oxygen atoms in total. The van der Waals surface area contributed by atoms with Gasteiger partial charge in [0, 0.05) is 11.6 Å². The van der Waals surface area contributed by atoms with E-state index in [-0.39, 0.29) is 11.2 Å². The molecule has 0 bridgehead atoms. The molecule has 20 heavy (non-hydrogen) atoms. The molecule has 1 aromatic carbocycles. The fraction of sp³-hybridized carbons (Fsp3) is 0.471. The van der Waals surface area contributed by atoms with E-state index in [9.17, 15) is 4.39 Å². The predicted octanol–water partition coefficient (Wildman–Crippen LogP) is 4.46. The average Bonchev–Trinajstić information content (AvgIpc) is 3.19. The summed E-state index contributed by atoms with van der Waals surface area (Å²) >= 11 is 0. The van der Waals surface area contributed by atoms with Gasteiger partial charge in [0.25, 0.3) is 0 Å². The molecule has 0 amide bonds. The average molecular weight is 273 g/mol. The monoisotopic (exact) mass is 273 g/mol. The molecule has 1 saturated carbocycles. The van der Waals surface area contributed by atoms with E-state index in [1.54, 1.807) is 6.20 Å². The zero-order chi connectivity index (χ0) is 14.3. The molecule has 1 aliphatic carbocycles. The topological polar surface area (TPSA) is 22.1 Å². The van der Waals surface area contributed by atoms with Crippen molar-refractivity contribution in [3.8, 4) is 5.75 Å². The Kier molecular flexibility index (Phi) is 3.15. The van der Waals surface area contributed by atoms with Gasteiger partial charge < -0.3 is 4.74 Å². The zero-order valence-corrected chi connectivity index (χ0v) is 12.2. The van der Waals surface area contributed by atoms with Gasteiger partial charge in [0.05, 0.1) is 6.61 Å². The molecular formula is C17H20FNO. The van der Waals surface area contributed by atoms with Crippen molar-refractivity contribution in [2.24, 2.45) is 5.92 Å². The third-order valence-electron chi connectivity index (χ3n) is 3.79. The van der Waals surface area contributed by atoms with Crippen molar-refractivity contribution >= 4 is 10.9 Å². The van der Waals surface area contributed by atoms with Gasteiger partial charge in [-0.15, -0.1) is 0 Å². The van der Waals surface area contributed by atoms with Crippen LogP contribution in [-0.2, 0) is 5.41 Å². The van der Waals surface area contributed by atoms with Crippen LogP contribution in [0.4, 0.5) is 4.39 Å². The SMILES string of the molecule is CC(C)(C)c1ccnc2c(OCC3CC3)c(F)ccc12. The first-order chi connectivity index (χ1) is 9.47. The van der Waals surface area contributed by atoms with E-state index in [1.165, 1.54) is 24.5 Å². The molecule has 0 N–H and O–H groups in total. The summed E-state index contributed by atoms with van der Waals surface area (Å²) in [5.74, 6) is 0.577. The number of ether oxygens (including phenoxy) is 1. The molecule has 0 unspecified atom stereocenters. The summed E-state index contributed by atoms with van der Waals surface area (Å²) in [7, 11) is 0. The normalized spacial score (nSPS) is 15.6. The van der Waals surface area contributed by atoms with Crippen LogP contribution in [0.5, 0.6) is 5.75 Å². The molecule has 0 atom stereocenters. The molecule has 1 aliphatic rings. The quantitative estimate of drug-likeness (QED) is 0.823. The number of aromatic nitrogens is 1. The maximum absolute atomic E-state index is 14.1. The van der Waals surface area contributed by atoms with Gasteiger partial charge >= 0.3 is 0 Å². The number of benzene rings is 1. The molecule has 0 spiro atoms. The molecular weight excluding hydrogens is 253 g/mol. The molecule has 106 valence electrons. The first-order valence-corrected chi connectivity index (χ1v) is 7.17. The van der Waals surface area contributed by atoms with Gasteiger partial charge in [0.15, 0.2) is 11.6 Å². The van der Waals surface area contributed by atoms with E-state index in [0.29, 0.717) is 23.8 Å². The molecule has 0 aliphatic heterocycles. The summed E-state index contributed by atoms with van der Waals surface area (Å²) in [4.78, 5) is 4.35. The largest absolute Gasteiger partial charge is 0.488 e. The lowest BCUT2D eigenvalue weighted by Gasteiger charge is -2.21. The number of hydrogen-bond donors (Lipinski definition) is 0. The highest BCUT2D eigenvalue weighted by molar-refractivity contribution is 5.88. The lowest BCUT2D eigenvalue weighted by molar-refractivity contribution is 0.288. The smallest absolute Gasteiger partial charge is 0.181 e. The van der Waals surface area contributed by atoms with Crippen LogP contribution < -0.4 is 4.74 Å². The Bertz CT molecular complexity index is 641. The molecule has 3 rings (SSSR count). The number of halogens is 1. The van der Waals surface area contributed by atoms with Crippen molar-refractivity contribution in [3.63, 3.8) is 0 Å². The van der Waals surface area contributed by atoms with Crippen molar-refractivity contribution in [1.29, 1.82) is 0 Å². The van der Waals surface area contributed by atoms with E-state index in [1.807, 2.05) is 12.1 Å². The molecule has 2 aromatic rings. The summed E-state index contributed by atoms with van der Waals surface area (Å²) in [5, 5.41) is 0.979. The molecule has 1 heterocycles. The van der Waals surface area contributed by atoms with E-state index < -0.39 is 0 Å².